The van der Waals surface area contributed by atoms with Gasteiger partial charge in [0.1, 0.15) is 5.52 Å². The van der Waals surface area contributed by atoms with E-state index in [0.29, 0.717) is 17.2 Å². The number of hydrogen-bond acceptors (Lipinski definition) is 4. The molecule has 0 spiro atoms. The molecule has 0 atom stereocenters. The first-order valence-corrected chi connectivity index (χ1v) is 5.62. The normalized spacial score (nSPS) is 10.8. The van der Waals surface area contributed by atoms with Crippen molar-refractivity contribution in [1.29, 1.82) is 0 Å². The van der Waals surface area contributed by atoms with Crippen molar-refractivity contribution < 1.29 is 9.13 Å². The minimum atomic E-state index is -0.420. The molecule has 0 aliphatic rings. The summed E-state index contributed by atoms with van der Waals surface area (Å²) in [6, 6.07) is 6.33. The Morgan fingerprint density at radius 1 is 1.32 bits per heavy atom. The molecule has 2 aromatic heterocycles. The predicted molar refractivity (Wildman–Crippen MR) is 69.8 cm³/mol. The van der Waals surface area contributed by atoms with E-state index in [2.05, 4.69) is 9.97 Å². The summed E-state index contributed by atoms with van der Waals surface area (Å²) in [7, 11) is 1.42. The van der Waals surface area contributed by atoms with E-state index in [1.165, 1.54) is 13.2 Å². The molecular formula is C13H11FN4O. The van der Waals surface area contributed by atoms with Gasteiger partial charge in [-0.05, 0) is 18.2 Å². The number of fused-ring (bicyclic) bond motifs is 1. The number of halogens is 1. The maximum Gasteiger partial charge on any atom is 0.205 e. The lowest BCUT2D eigenvalue weighted by Crippen LogP contribution is -2.01. The number of nitrogen functional groups attached to an aromatic ring is 1. The highest BCUT2D eigenvalue weighted by Gasteiger charge is 2.12. The average Bonchev–Trinajstić information content (AvgIpc) is 2.75. The zero-order chi connectivity index (χ0) is 13.4. The van der Waals surface area contributed by atoms with E-state index in [9.17, 15) is 4.39 Å². The fourth-order valence-corrected chi connectivity index (χ4v) is 2.01. The van der Waals surface area contributed by atoms with Crippen molar-refractivity contribution >= 4 is 17.0 Å². The lowest BCUT2D eigenvalue weighted by molar-refractivity contribution is 0.386. The number of anilines is 1. The van der Waals surface area contributed by atoms with E-state index >= 15 is 0 Å². The minimum Gasteiger partial charge on any atom is -0.494 e. The van der Waals surface area contributed by atoms with E-state index < -0.39 is 5.82 Å². The first-order valence-electron chi connectivity index (χ1n) is 5.62. The van der Waals surface area contributed by atoms with Gasteiger partial charge in [-0.3, -0.25) is 9.55 Å². The largest absolute Gasteiger partial charge is 0.494 e. The molecule has 3 aromatic rings. The molecule has 3 rings (SSSR count). The fraction of sp³-hybridized carbons (Fsp3) is 0.0769. The quantitative estimate of drug-likeness (QED) is 0.764. The topological polar surface area (TPSA) is 66.0 Å². The number of pyridine rings is 1. The molecule has 19 heavy (non-hydrogen) atoms. The number of imidazole rings is 1. The Bertz CT molecular complexity index is 753. The van der Waals surface area contributed by atoms with Crippen LogP contribution in [0.25, 0.3) is 16.7 Å². The first-order chi connectivity index (χ1) is 9.20. The van der Waals surface area contributed by atoms with E-state index in [1.807, 2.05) is 0 Å². The van der Waals surface area contributed by atoms with E-state index in [0.717, 1.165) is 5.52 Å². The number of aromatic nitrogens is 3. The van der Waals surface area contributed by atoms with Crippen LogP contribution >= 0.6 is 0 Å². The molecular weight excluding hydrogens is 247 g/mol. The Hall–Kier alpha value is -2.63. The van der Waals surface area contributed by atoms with Gasteiger partial charge in [-0.25, -0.2) is 9.37 Å². The van der Waals surface area contributed by atoms with Crippen LogP contribution in [0, 0.1) is 5.82 Å². The Balaban J connectivity index is 2.27. The van der Waals surface area contributed by atoms with Crippen LogP contribution in [0.2, 0.25) is 0 Å². The molecule has 0 aliphatic heterocycles. The molecule has 0 amide bonds. The summed E-state index contributed by atoms with van der Waals surface area (Å²) in [5.41, 5.74) is 8.08. The maximum atomic E-state index is 13.4. The zero-order valence-electron chi connectivity index (χ0n) is 10.2. The highest BCUT2D eigenvalue weighted by Crippen LogP contribution is 2.26. The van der Waals surface area contributed by atoms with Gasteiger partial charge in [0.25, 0.3) is 0 Å². The van der Waals surface area contributed by atoms with E-state index in [4.69, 9.17) is 10.5 Å². The molecule has 0 fully saturated rings. The van der Waals surface area contributed by atoms with Crippen LogP contribution in [0.5, 0.6) is 5.75 Å². The Kier molecular flexibility index (Phi) is 2.56. The van der Waals surface area contributed by atoms with Crippen molar-refractivity contribution in [3.63, 3.8) is 0 Å². The van der Waals surface area contributed by atoms with Crippen LogP contribution in [0.15, 0.2) is 36.7 Å². The molecule has 0 unspecified atom stereocenters. The van der Waals surface area contributed by atoms with Gasteiger partial charge in [-0.1, -0.05) is 0 Å². The predicted octanol–water partition coefficient (Wildman–Crippen LogP) is 2.15. The smallest absolute Gasteiger partial charge is 0.205 e. The number of methoxy groups -OCH3 is 1. The molecule has 1 aromatic carbocycles. The summed E-state index contributed by atoms with van der Waals surface area (Å²) >= 11 is 0. The fourth-order valence-electron chi connectivity index (χ4n) is 2.01. The second-order valence-electron chi connectivity index (χ2n) is 3.99. The summed E-state index contributed by atoms with van der Waals surface area (Å²) in [6.07, 6.45) is 3.28. The zero-order valence-corrected chi connectivity index (χ0v) is 10.2. The van der Waals surface area contributed by atoms with Crippen LogP contribution in [0.4, 0.5) is 10.3 Å². The Labute approximate surface area is 108 Å². The molecule has 0 bridgehead atoms. The third kappa shape index (κ3) is 1.77. The lowest BCUT2D eigenvalue weighted by Gasteiger charge is -2.09. The summed E-state index contributed by atoms with van der Waals surface area (Å²) in [5.74, 6) is 0.0559. The minimum absolute atomic E-state index is 0.160. The lowest BCUT2D eigenvalue weighted by atomic mass is 10.2. The molecule has 0 saturated heterocycles. The van der Waals surface area contributed by atoms with Crippen molar-refractivity contribution in [3.05, 3.63) is 42.5 Å². The van der Waals surface area contributed by atoms with Crippen molar-refractivity contribution in [2.75, 3.05) is 12.8 Å². The second-order valence-corrected chi connectivity index (χ2v) is 3.99. The van der Waals surface area contributed by atoms with Crippen LogP contribution in [0.1, 0.15) is 0 Å². The Morgan fingerprint density at radius 2 is 2.16 bits per heavy atom. The third-order valence-corrected chi connectivity index (χ3v) is 2.88. The molecule has 2 N–H and O–H groups in total. The van der Waals surface area contributed by atoms with Gasteiger partial charge >= 0.3 is 0 Å². The third-order valence-electron chi connectivity index (χ3n) is 2.88. The summed E-state index contributed by atoms with van der Waals surface area (Å²) < 4.78 is 20.1. The van der Waals surface area contributed by atoms with Crippen LogP contribution < -0.4 is 10.5 Å². The van der Waals surface area contributed by atoms with Crippen LogP contribution in [0.3, 0.4) is 0 Å². The highest BCUT2D eigenvalue weighted by molar-refractivity contribution is 5.79. The van der Waals surface area contributed by atoms with E-state index in [1.54, 1.807) is 35.2 Å². The highest BCUT2D eigenvalue weighted by atomic mass is 19.1. The van der Waals surface area contributed by atoms with Crippen LogP contribution in [-0.2, 0) is 0 Å². The molecule has 0 saturated carbocycles. The number of rotatable bonds is 2. The van der Waals surface area contributed by atoms with E-state index in [-0.39, 0.29) is 5.75 Å². The summed E-state index contributed by atoms with van der Waals surface area (Å²) in [4.78, 5) is 8.20. The molecule has 2 heterocycles. The van der Waals surface area contributed by atoms with Gasteiger partial charge in [-0.2, -0.15) is 0 Å². The molecule has 0 radical (unpaired) electrons. The Morgan fingerprint density at radius 3 is 2.95 bits per heavy atom. The van der Waals surface area contributed by atoms with Gasteiger partial charge in [0.05, 0.1) is 24.5 Å². The van der Waals surface area contributed by atoms with Crippen molar-refractivity contribution in [3.8, 4) is 11.4 Å². The van der Waals surface area contributed by atoms with Crippen molar-refractivity contribution in [2.45, 2.75) is 0 Å². The summed E-state index contributed by atoms with van der Waals surface area (Å²) in [5, 5.41) is 0. The number of hydrogen-bond donors (Lipinski definition) is 1. The van der Waals surface area contributed by atoms with Gasteiger partial charge in [0, 0.05) is 12.3 Å². The van der Waals surface area contributed by atoms with Crippen molar-refractivity contribution in [1.82, 2.24) is 14.5 Å². The van der Waals surface area contributed by atoms with Crippen molar-refractivity contribution in [2.24, 2.45) is 0 Å². The molecule has 5 nitrogen and oxygen atoms in total. The van der Waals surface area contributed by atoms with Gasteiger partial charge in [0.15, 0.2) is 11.6 Å². The van der Waals surface area contributed by atoms with Gasteiger partial charge in [0.2, 0.25) is 5.95 Å². The maximum absolute atomic E-state index is 13.4. The van der Waals surface area contributed by atoms with Gasteiger partial charge < -0.3 is 10.5 Å². The standard InChI is InChI=1S/C13H11FN4O/c1-19-12-6-8(2-3-9(12)14)18-11-4-5-16-7-10(11)17-13(18)15/h2-7H,1H3,(H2,15,17). The number of nitrogens with zero attached hydrogens (tertiary/aromatic N) is 3. The van der Waals surface area contributed by atoms with Crippen LogP contribution in [-0.4, -0.2) is 21.6 Å². The molecule has 96 valence electrons. The number of benzene rings is 1. The molecule has 0 aliphatic carbocycles. The second kappa shape index (κ2) is 4.24. The number of ether oxygens (including phenoxy) is 1. The van der Waals surface area contributed by atoms with Gasteiger partial charge in [-0.15, -0.1) is 0 Å². The molecule has 6 heteroatoms. The average molecular weight is 258 g/mol. The SMILES string of the molecule is COc1cc(-n2c(N)nc3cnccc32)ccc1F. The first kappa shape index (κ1) is 11.5. The summed E-state index contributed by atoms with van der Waals surface area (Å²) in [6.45, 7) is 0. The number of nitrogens with two attached hydrogens (primary N) is 1. The monoisotopic (exact) mass is 258 g/mol.